The third-order valence-corrected chi connectivity index (χ3v) is 3.68. The predicted octanol–water partition coefficient (Wildman–Crippen LogP) is 4.71. The third-order valence-electron chi connectivity index (χ3n) is 3.18. The van der Waals surface area contributed by atoms with E-state index >= 15 is 0 Å². The fourth-order valence-electron chi connectivity index (χ4n) is 2.24. The molecule has 0 spiro atoms. The normalized spacial score (nSPS) is 12.8. The van der Waals surface area contributed by atoms with Crippen molar-refractivity contribution < 1.29 is 9.72 Å². The molecule has 0 aromatic heterocycles. The van der Waals surface area contributed by atoms with Gasteiger partial charge in [0, 0.05) is 27.9 Å². The molecule has 0 amide bonds. The fraction of sp³-hybridized carbons (Fsp3) is 0.533. The Morgan fingerprint density at radius 3 is 2.35 bits per heavy atom. The van der Waals surface area contributed by atoms with Gasteiger partial charge in [-0.1, -0.05) is 49.7 Å². The Hall–Kier alpha value is -1.23. The summed E-state index contributed by atoms with van der Waals surface area (Å²) in [6.45, 7) is 7.71. The monoisotopic (exact) mass is 341 g/mol. The first-order chi connectivity index (χ1) is 9.23. The highest BCUT2D eigenvalue weighted by Crippen LogP contribution is 2.35. The van der Waals surface area contributed by atoms with Gasteiger partial charge in [-0.15, -0.1) is 0 Å². The first-order valence-electron chi connectivity index (χ1n) is 6.71. The molecule has 0 fully saturated rings. The van der Waals surface area contributed by atoms with Crippen molar-refractivity contribution in [2.45, 2.75) is 40.0 Å². The van der Waals surface area contributed by atoms with Crippen LogP contribution in [-0.2, 0) is 4.79 Å². The lowest BCUT2D eigenvalue weighted by Gasteiger charge is -2.20. The van der Waals surface area contributed by atoms with Crippen LogP contribution < -0.4 is 0 Å². The fourth-order valence-corrected chi connectivity index (χ4v) is 2.59. The van der Waals surface area contributed by atoms with Gasteiger partial charge in [0.05, 0.1) is 4.92 Å². The van der Waals surface area contributed by atoms with Gasteiger partial charge in [-0.2, -0.15) is 0 Å². The van der Waals surface area contributed by atoms with Gasteiger partial charge in [-0.25, -0.2) is 0 Å². The standard InChI is InChI=1S/C15H20BrNO3/c1-9(2)7-13(15(18)10(3)4)12-6-5-11(16)8-14(12)17(19)20/h5-6,8-10,13H,7H2,1-4H3. The lowest BCUT2D eigenvalue weighted by molar-refractivity contribution is -0.385. The van der Waals surface area contributed by atoms with E-state index in [2.05, 4.69) is 15.9 Å². The zero-order valence-corrected chi connectivity index (χ0v) is 13.8. The number of Topliss-reactive ketones (excluding diaryl/α,β-unsaturated/α-hetero) is 1. The number of nitro groups is 1. The molecule has 0 bridgehead atoms. The Balaban J connectivity index is 3.33. The average molecular weight is 342 g/mol. The van der Waals surface area contributed by atoms with Crippen molar-refractivity contribution in [1.29, 1.82) is 0 Å². The molecule has 1 aromatic carbocycles. The van der Waals surface area contributed by atoms with Gasteiger partial charge in [0.25, 0.3) is 5.69 Å². The van der Waals surface area contributed by atoms with E-state index in [-0.39, 0.29) is 17.4 Å². The molecule has 1 unspecified atom stereocenters. The lowest BCUT2D eigenvalue weighted by atomic mass is 9.82. The summed E-state index contributed by atoms with van der Waals surface area (Å²) >= 11 is 3.24. The van der Waals surface area contributed by atoms with E-state index in [0.717, 1.165) is 0 Å². The summed E-state index contributed by atoms with van der Waals surface area (Å²) in [5.74, 6) is -0.194. The van der Waals surface area contributed by atoms with E-state index in [1.807, 2.05) is 27.7 Å². The van der Waals surface area contributed by atoms with Crippen LogP contribution in [0.4, 0.5) is 5.69 Å². The molecule has 0 saturated carbocycles. The molecule has 0 aliphatic rings. The highest BCUT2D eigenvalue weighted by atomic mass is 79.9. The van der Waals surface area contributed by atoms with Crippen molar-refractivity contribution in [2.75, 3.05) is 0 Å². The summed E-state index contributed by atoms with van der Waals surface area (Å²) in [6, 6.07) is 4.91. The smallest absolute Gasteiger partial charge is 0.274 e. The SMILES string of the molecule is CC(C)CC(C(=O)C(C)C)c1ccc(Br)cc1[N+](=O)[O-]. The number of carbonyl (C=O) groups is 1. The van der Waals surface area contributed by atoms with Gasteiger partial charge in [0.1, 0.15) is 5.78 Å². The molecule has 0 N–H and O–H groups in total. The van der Waals surface area contributed by atoms with Crippen LogP contribution in [0.3, 0.4) is 0 Å². The van der Waals surface area contributed by atoms with Gasteiger partial charge >= 0.3 is 0 Å². The number of ketones is 1. The van der Waals surface area contributed by atoms with Gasteiger partial charge in [0.15, 0.2) is 0 Å². The van der Waals surface area contributed by atoms with E-state index in [0.29, 0.717) is 22.4 Å². The number of rotatable bonds is 6. The molecule has 0 aliphatic carbocycles. The van der Waals surface area contributed by atoms with Crippen LogP contribution in [0.2, 0.25) is 0 Å². The average Bonchev–Trinajstić information content (AvgIpc) is 2.34. The lowest BCUT2D eigenvalue weighted by Crippen LogP contribution is -2.20. The Labute approximate surface area is 127 Å². The van der Waals surface area contributed by atoms with Gasteiger partial charge < -0.3 is 0 Å². The van der Waals surface area contributed by atoms with Gasteiger partial charge in [-0.3, -0.25) is 14.9 Å². The van der Waals surface area contributed by atoms with Crippen LogP contribution in [0.15, 0.2) is 22.7 Å². The summed E-state index contributed by atoms with van der Waals surface area (Å²) in [4.78, 5) is 23.2. The molecule has 110 valence electrons. The molecule has 1 rings (SSSR count). The number of nitro benzene ring substituents is 1. The second kappa shape index (κ2) is 6.97. The van der Waals surface area contributed by atoms with Gasteiger partial charge in [-0.05, 0) is 18.4 Å². The number of carbonyl (C=O) groups excluding carboxylic acids is 1. The maximum Gasteiger partial charge on any atom is 0.274 e. The van der Waals surface area contributed by atoms with Crippen LogP contribution in [0.1, 0.15) is 45.6 Å². The largest absolute Gasteiger partial charge is 0.299 e. The minimum Gasteiger partial charge on any atom is -0.299 e. The number of hydrogen-bond donors (Lipinski definition) is 0. The summed E-state index contributed by atoms with van der Waals surface area (Å²) < 4.78 is 0.647. The molecular formula is C15H20BrNO3. The van der Waals surface area contributed by atoms with Crippen LogP contribution in [0.5, 0.6) is 0 Å². The Morgan fingerprint density at radius 2 is 1.90 bits per heavy atom. The Bertz CT molecular complexity index is 512. The van der Waals surface area contributed by atoms with E-state index in [1.54, 1.807) is 12.1 Å². The molecule has 5 heteroatoms. The number of nitrogens with zero attached hydrogens (tertiary/aromatic N) is 1. The zero-order chi connectivity index (χ0) is 15.4. The maximum absolute atomic E-state index is 12.4. The quantitative estimate of drug-likeness (QED) is 0.555. The summed E-state index contributed by atoms with van der Waals surface area (Å²) in [5, 5.41) is 11.2. The predicted molar refractivity (Wildman–Crippen MR) is 82.8 cm³/mol. The van der Waals surface area contributed by atoms with E-state index in [1.165, 1.54) is 6.07 Å². The Kier molecular flexibility index (Phi) is 5.87. The van der Waals surface area contributed by atoms with Crippen molar-refractivity contribution in [3.8, 4) is 0 Å². The molecule has 0 aliphatic heterocycles. The first-order valence-corrected chi connectivity index (χ1v) is 7.50. The first kappa shape index (κ1) is 16.8. The van der Waals surface area contributed by atoms with Crippen LogP contribution in [0, 0.1) is 22.0 Å². The highest BCUT2D eigenvalue weighted by molar-refractivity contribution is 9.10. The van der Waals surface area contributed by atoms with Crippen molar-refractivity contribution in [3.05, 3.63) is 38.3 Å². The number of halogens is 1. The molecule has 4 nitrogen and oxygen atoms in total. The van der Waals surface area contributed by atoms with Crippen LogP contribution in [0.25, 0.3) is 0 Å². The summed E-state index contributed by atoms with van der Waals surface area (Å²) in [7, 11) is 0. The van der Waals surface area contributed by atoms with E-state index < -0.39 is 10.8 Å². The van der Waals surface area contributed by atoms with Gasteiger partial charge in [0.2, 0.25) is 0 Å². The van der Waals surface area contributed by atoms with Crippen LogP contribution >= 0.6 is 15.9 Å². The highest BCUT2D eigenvalue weighted by Gasteiger charge is 2.30. The van der Waals surface area contributed by atoms with Crippen molar-refractivity contribution >= 4 is 27.4 Å². The molecule has 1 aromatic rings. The minimum absolute atomic E-state index is 0.0130. The van der Waals surface area contributed by atoms with Crippen LogP contribution in [-0.4, -0.2) is 10.7 Å². The summed E-state index contributed by atoms with van der Waals surface area (Å²) in [5.41, 5.74) is 0.532. The van der Waals surface area contributed by atoms with E-state index in [4.69, 9.17) is 0 Å². The topological polar surface area (TPSA) is 60.2 Å². The molecule has 20 heavy (non-hydrogen) atoms. The van der Waals surface area contributed by atoms with E-state index in [9.17, 15) is 14.9 Å². The molecule has 0 radical (unpaired) electrons. The molecule has 0 heterocycles. The Morgan fingerprint density at radius 1 is 1.30 bits per heavy atom. The molecule has 0 saturated heterocycles. The number of hydrogen-bond acceptors (Lipinski definition) is 3. The second-order valence-corrected chi connectivity index (χ2v) is 6.62. The third kappa shape index (κ3) is 4.13. The molecular weight excluding hydrogens is 322 g/mol. The zero-order valence-electron chi connectivity index (χ0n) is 12.2. The minimum atomic E-state index is -0.416. The maximum atomic E-state index is 12.4. The van der Waals surface area contributed by atoms with Crippen molar-refractivity contribution in [1.82, 2.24) is 0 Å². The number of benzene rings is 1. The van der Waals surface area contributed by atoms with Crippen molar-refractivity contribution in [2.24, 2.45) is 11.8 Å². The summed E-state index contributed by atoms with van der Waals surface area (Å²) in [6.07, 6.45) is 0.624. The van der Waals surface area contributed by atoms with Crippen molar-refractivity contribution in [3.63, 3.8) is 0 Å². The molecule has 1 atom stereocenters. The second-order valence-electron chi connectivity index (χ2n) is 5.70.